The minimum atomic E-state index is -3.40. The van der Waals surface area contributed by atoms with Crippen LogP contribution in [0.15, 0.2) is 119 Å². The molecule has 3 aliphatic rings. The highest BCUT2D eigenvalue weighted by molar-refractivity contribution is 9.10. The molecule has 2 amide bonds. The molecule has 4 heterocycles. The van der Waals surface area contributed by atoms with Crippen molar-refractivity contribution in [2.24, 2.45) is 11.0 Å². The topological polar surface area (TPSA) is 113 Å². The van der Waals surface area contributed by atoms with E-state index in [1.165, 1.54) is 5.01 Å². The third kappa shape index (κ3) is 6.95. The molecule has 4 aromatic carbocycles. The summed E-state index contributed by atoms with van der Waals surface area (Å²) in [5.74, 6) is -1.11. The maximum absolute atomic E-state index is 16.5. The number of hydrogen-bond donors (Lipinski definition) is 1. The number of fused-ring (bicyclic) bond motifs is 2. The summed E-state index contributed by atoms with van der Waals surface area (Å²) in [6, 6.07) is 32.8. The SMILES string of the molecule is C[C@H]1[C@H]([Si](C)(C)F)[C@@H](CCn2cc(C(CO)c3ccccc3)nn2)O[C@]12C(=O)N(Cc1cccc(N3N=C(c4ccccc4)CCC3=O)c1)c1ccc(Br)cc12. The van der Waals surface area contributed by atoms with Crippen molar-refractivity contribution in [1.29, 1.82) is 0 Å². The molecule has 0 radical (unpaired) electrons. The quantitative estimate of drug-likeness (QED) is 0.106. The summed E-state index contributed by atoms with van der Waals surface area (Å²) in [6.07, 6.45) is 2.58. The second kappa shape index (κ2) is 15.3. The second-order valence-electron chi connectivity index (χ2n) is 15.5. The molecule has 5 aromatic rings. The van der Waals surface area contributed by atoms with Crippen molar-refractivity contribution in [2.75, 3.05) is 16.5 Å². The highest BCUT2D eigenvalue weighted by atomic mass is 79.9. The van der Waals surface area contributed by atoms with Gasteiger partial charge in [-0.2, -0.15) is 5.10 Å². The molecule has 1 unspecified atom stereocenters. The number of halogens is 2. The van der Waals surface area contributed by atoms with E-state index in [1.807, 2.05) is 116 Å². The number of aliphatic hydroxyl groups excluding tert-OH is 1. The van der Waals surface area contributed by atoms with Gasteiger partial charge in [0.25, 0.3) is 5.91 Å². The smallest absolute Gasteiger partial charge is 0.264 e. The largest absolute Gasteiger partial charge is 0.395 e. The summed E-state index contributed by atoms with van der Waals surface area (Å²) in [7, 11) is -3.40. The zero-order chi connectivity index (χ0) is 39.2. The van der Waals surface area contributed by atoms with E-state index >= 15 is 8.90 Å². The van der Waals surface area contributed by atoms with E-state index in [0.717, 1.165) is 26.9 Å². The molecular weight excluding hydrogens is 791 g/mol. The maximum atomic E-state index is 16.5. The predicted molar refractivity (Wildman–Crippen MR) is 220 cm³/mol. The lowest BCUT2D eigenvalue weighted by molar-refractivity contribution is -0.146. The van der Waals surface area contributed by atoms with E-state index in [4.69, 9.17) is 9.84 Å². The van der Waals surface area contributed by atoms with Gasteiger partial charge in [0.2, 0.25) is 14.3 Å². The van der Waals surface area contributed by atoms with Gasteiger partial charge in [0.05, 0.1) is 48.0 Å². The first-order valence-electron chi connectivity index (χ1n) is 19.1. The lowest BCUT2D eigenvalue weighted by atomic mass is 9.82. The van der Waals surface area contributed by atoms with Crippen molar-refractivity contribution in [3.05, 3.63) is 142 Å². The summed E-state index contributed by atoms with van der Waals surface area (Å²) < 4.78 is 26.0. The van der Waals surface area contributed by atoms with Gasteiger partial charge >= 0.3 is 0 Å². The number of anilines is 2. The van der Waals surface area contributed by atoms with Crippen LogP contribution < -0.4 is 9.91 Å². The predicted octanol–water partition coefficient (Wildman–Crippen LogP) is 8.11. The van der Waals surface area contributed by atoms with E-state index in [2.05, 4.69) is 26.2 Å². The second-order valence-corrected chi connectivity index (χ2v) is 20.2. The number of nitrogens with zero attached hydrogens (tertiary/aromatic N) is 6. The number of amides is 2. The number of carbonyl (C=O) groups excluding carboxylic acids is 2. The first-order valence-corrected chi connectivity index (χ1v) is 22.8. The van der Waals surface area contributed by atoms with Crippen molar-refractivity contribution in [3.63, 3.8) is 0 Å². The zero-order valence-electron chi connectivity index (χ0n) is 31.6. The van der Waals surface area contributed by atoms with Crippen LogP contribution in [0.4, 0.5) is 15.5 Å². The van der Waals surface area contributed by atoms with Crippen molar-refractivity contribution in [1.82, 2.24) is 15.0 Å². The molecule has 0 bridgehead atoms. The molecule has 1 spiro atoms. The number of hydrogen-bond acceptors (Lipinski definition) is 7. The molecule has 0 aliphatic carbocycles. The van der Waals surface area contributed by atoms with Gasteiger partial charge < -0.3 is 18.9 Å². The Labute approximate surface area is 335 Å². The molecule has 1 aromatic heterocycles. The highest BCUT2D eigenvalue weighted by Crippen LogP contribution is 2.60. The van der Waals surface area contributed by atoms with Gasteiger partial charge in [0.1, 0.15) is 0 Å². The molecule has 5 atom stereocenters. The lowest BCUT2D eigenvalue weighted by Crippen LogP contribution is -2.45. The molecule has 10 nitrogen and oxygen atoms in total. The molecule has 1 saturated heterocycles. The molecule has 8 rings (SSSR count). The molecule has 1 fully saturated rings. The number of aryl methyl sites for hydroxylation is 1. The van der Waals surface area contributed by atoms with Gasteiger partial charge in [-0.25, -0.2) is 5.01 Å². The van der Waals surface area contributed by atoms with Gasteiger partial charge in [0.15, 0.2) is 5.60 Å². The van der Waals surface area contributed by atoms with E-state index in [-0.39, 0.29) is 30.9 Å². The average molecular weight is 836 g/mol. The monoisotopic (exact) mass is 834 g/mol. The Balaban J connectivity index is 1.07. The zero-order valence-corrected chi connectivity index (χ0v) is 34.1. The van der Waals surface area contributed by atoms with Gasteiger partial charge in [-0.1, -0.05) is 101 Å². The summed E-state index contributed by atoms with van der Waals surface area (Å²) in [4.78, 5) is 29.9. The Kier molecular flexibility index (Phi) is 10.4. The van der Waals surface area contributed by atoms with Gasteiger partial charge in [-0.05, 0) is 66.5 Å². The highest BCUT2D eigenvalue weighted by Gasteiger charge is 2.66. The van der Waals surface area contributed by atoms with Crippen LogP contribution in [0.3, 0.4) is 0 Å². The lowest BCUT2D eigenvalue weighted by Gasteiger charge is -2.31. The van der Waals surface area contributed by atoms with Gasteiger partial charge in [0, 0.05) is 47.1 Å². The summed E-state index contributed by atoms with van der Waals surface area (Å²) >= 11 is 3.63. The Morgan fingerprint density at radius 3 is 2.46 bits per heavy atom. The fraction of sp³-hybridized carbons (Fsp3) is 0.326. The number of hydrazone groups is 1. The van der Waals surface area contributed by atoms with Crippen molar-refractivity contribution < 1.29 is 23.5 Å². The molecule has 288 valence electrons. The molecule has 0 saturated carbocycles. The Hall–Kier alpha value is -4.82. The van der Waals surface area contributed by atoms with Crippen LogP contribution in [0.1, 0.15) is 60.1 Å². The summed E-state index contributed by atoms with van der Waals surface area (Å²) in [6.45, 7) is 5.85. The van der Waals surface area contributed by atoms with Crippen molar-refractivity contribution in [2.45, 2.75) is 75.5 Å². The standard InChI is InChI=1S/C43H44BrFN6O4Si/c1-28-41(56(2,3)45)39(21-22-49-26-37(46-48-49)34(27-52)30-12-6-4-7-13-30)55-43(28)35-24-32(44)17-19-38(35)50(42(43)54)25-29-11-10-16-33(23-29)51-40(53)20-18-36(47-51)31-14-8-5-9-15-31/h4-17,19,23-24,26,28,34,39,41,52H,18,20-22,25,27H2,1-3H3/t28-,34?,39+,41-,43+/m0/s1. The molecular formula is C43H44BrFN6O4Si. The van der Waals surface area contributed by atoms with Gasteiger partial charge in [-0.15, -0.1) is 5.10 Å². The number of aromatic nitrogens is 3. The summed E-state index contributed by atoms with van der Waals surface area (Å²) in [5.41, 5.74) is 4.38. The van der Waals surface area contributed by atoms with Crippen LogP contribution in [0, 0.1) is 5.92 Å². The number of carbonyl (C=O) groups is 2. The van der Waals surface area contributed by atoms with Crippen LogP contribution in [0.5, 0.6) is 0 Å². The van der Waals surface area contributed by atoms with Crippen LogP contribution >= 0.6 is 15.9 Å². The molecule has 1 N–H and O–H groups in total. The minimum Gasteiger partial charge on any atom is -0.395 e. The minimum absolute atomic E-state index is 0.0944. The first kappa shape index (κ1) is 38.1. The van der Waals surface area contributed by atoms with Crippen LogP contribution in [-0.2, 0) is 33.0 Å². The summed E-state index contributed by atoms with van der Waals surface area (Å²) in [5, 5.41) is 25.1. The molecule has 3 aliphatic heterocycles. The van der Waals surface area contributed by atoms with Crippen LogP contribution in [-0.4, -0.2) is 58.7 Å². The number of aliphatic hydroxyl groups is 1. The average Bonchev–Trinajstić information content (AvgIpc) is 3.85. The Morgan fingerprint density at radius 1 is 0.982 bits per heavy atom. The van der Waals surface area contributed by atoms with E-state index in [0.29, 0.717) is 48.4 Å². The fourth-order valence-electron chi connectivity index (χ4n) is 8.90. The van der Waals surface area contributed by atoms with Gasteiger partial charge in [-0.3, -0.25) is 14.3 Å². The van der Waals surface area contributed by atoms with Crippen LogP contribution in [0.2, 0.25) is 18.6 Å². The maximum Gasteiger partial charge on any atom is 0.264 e. The third-order valence-electron chi connectivity index (χ3n) is 11.5. The normalized spacial score (nSPS) is 22.8. The number of rotatable bonds is 11. The number of benzene rings is 4. The van der Waals surface area contributed by atoms with Crippen molar-refractivity contribution >= 4 is 53.2 Å². The Bertz CT molecular complexity index is 2280. The van der Waals surface area contributed by atoms with E-state index in [9.17, 15) is 9.90 Å². The molecule has 56 heavy (non-hydrogen) atoms. The van der Waals surface area contributed by atoms with E-state index < -0.39 is 31.6 Å². The third-order valence-corrected chi connectivity index (χ3v) is 14.4. The number of ether oxygens (including phenoxy) is 1. The van der Waals surface area contributed by atoms with E-state index in [1.54, 1.807) is 22.7 Å². The van der Waals surface area contributed by atoms with Crippen LogP contribution in [0.25, 0.3) is 0 Å². The Morgan fingerprint density at radius 2 is 1.73 bits per heavy atom. The van der Waals surface area contributed by atoms with Crippen molar-refractivity contribution in [3.8, 4) is 0 Å². The molecule has 13 heteroatoms. The first-order chi connectivity index (χ1) is 27.0. The fourth-order valence-corrected chi connectivity index (χ4v) is 11.8.